The fourth-order valence-corrected chi connectivity index (χ4v) is 14.2. The number of rotatable bonds is 12. The third-order valence-corrected chi connectivity index (χ3v) is 19.4. The maximum Gasteiger partial charge on any atom is 0.246 e. The van der Waals surface area contributed by atoms with Crippen LogP contribution < -0.4 is 30.2 Å². The lowest BCUT2D eigenvalue weighted by atomic mass is 10.0. The van der Waals surface area contributed by atoms with E-state index in [1.165, 1.54) is 83.8 Å². The van der Waals surface area contributed by atoms with Gasteiger partial charge < -0.3 is 64.8 Å². The number of anilines is 6. The third kappa shape index (κ3) is 15.2. The molecule has 7 fully saturated rings. The normalized spacial score (nSPS) is 19.9. The van der Waals surface area contributed by atoms with Crippen molar-refractivity contribution >= 4 is 80.7 Å². The number of hydrogen-bond donors (Lipinski definition) is 4. The molecule has 7 aliphatic heterocycles. The lowest BCUT2D eigenvalue weighted by Gasteiger charge is -2.38. The molecule has 2 amide bonds. The Balaban J connectivity index is 0.000000166. The number of carbonyl (C=O) groups is 2. The van der Waals surface area contributed by atoms with E-state index in [1.807, 2.05) is 40.1 Å². The molecule has 90 heavy (non-hydrogen) atoms. The number of nitrogens with zero attached hydrogens (tertiary/aromatic N) is 12. The zero-order valence-corrected chi connectivity index (χ0v) is 53.7. The number of hydrogen-bond acceptors (Lipinski definition) is 17. The van der Waals surface area contributed by atoms with Gasteiger partial charge in [-0.25, -0.2) is 9.97 Å². The van der Waals surface area contributed by atoms with Crippen LogP contribution in [-0.2, 0) is 40.3 Å². The average molecular weight is 1250 g/mol. The molecule has 6 aromatic rings. The van der Waals surface area contributed by atoms with Crippen molar-refractivity contribution in [3.05, 3.63) is 126 Å². The molecule has 2 saturated carbocycles. The molecule has 5 saturated heterocycles. The number of aromatic hydroxyl groups is 1. The quantitative estimate of drug-likeness (QED) is 0.0851. The number of piperazine rings is 2. The third-order valence-electron chi connectivity index (χ3n) is 19.4. The minimum Gasteiger partial charge on any atom is -0.508 e. The van der Waals surface area contributed by atoms with E-state index in [0.717, 1.165) is 188 Å². The number of halogens is 1. The Hall–Kier alpha value is -7.29. The zero-order chi connectivity index (χ0) is 61.4. The summed E-state index contributed by atoms with van der Waals surface area (Å²) in [4.78, 5) is 63.6. The highest BCUT2D eigenvalue weighted by Crippen LogP contribution is 2.39. The number of likely N-dealkylation sites (tertiary alicyclic amines) is 2. The van der Waals surface area contributed by atoms with Crippen molar-refractivity contribution in [1.82, 2.24) is 39.5 Å². The Bertz CT molecular complexity index is 3230. The van der Waals surface area contributed by atoms with Crippen LogP contribution in [-0.4, -0.2) is 198 Å². The standard InChI is InChI=1S/C33H41N7O.C32H39N7O2.C4H8O.CH4O.ClH/c1-3-31(41)38-16-18-39(19-17-38)32-28-12-15-40(30-21-23(2)20-24-6-4-5-7-27(24)30)22-29(28)35-33(36-32)34-25-10-13-37(14-11-25)26-8-9-26;1-2-30(41)37-15-17-38(18-16-37)31-27-11-14-39(29-20-25(40)19-22-5-3-4-6-26(22)29)21-28(27)34-32(35-31)33-23-9-12-36(13-10-23)24-7-8-24;1-2-4-5-3-1;1-2;/h3-7,20-21,25-26H,1,8-19,22H2,2H3,(H,34,35,36);2-6,19-20,23-24,40H,1,7-18,21H2,(H,33,34,35);1-4H2;2H,1H3;1H. The van der Waals surface area contributed by atoms with Gasteiger partial charge >= 0.3 is 0 Å². The van der Waals surface area contributed by atoms with E-state index >= 15 is 0 Å². The van der Waals surface area contributed by atoms with Gasteiger partial charge in [-0.3, -0.25) is 9.59 Å². The summed E-state index contributed by atoms with van der Waals surface area (Å²) in [5.74, 6) is 3.78. The van der Waals surface area contributed by atoms with Crippen LogP contribution in [0.15, 0.2) is 98.1 Å². The summed E-state index contributed by atoms with van der Waals surface area (Å²) in [6, 6.07) is 27.6. The number of benzene rings is 4. The van der Waals surface area contributed by atoms with Crippen LogP contribution in [0.25, 0.3) is 21.5 Å². The van der Waals surface area contributed by atoms with Crippen LogP contribution in [0.5, 0.6) is 5.75 Å². The van der Waals surface area contributed by atoms with E-state index < -0.39 is 0 Å². The summed E-state index contributed by atoms with van der Waals surface area (Å²) >= 11 is 0. The van der Waals surface area contributed by atoms with E-state index in [4.69, 9.17) is 29.8 Å². The highest BCUT2D eigenvalue weighted by Gasteiger charge is 2.36. The van der Waals surface area contributed by atoms with Gasteiger partial charge in [-0.05, 0) is 125 Å². The molecule has 0 unspecified atom stereocenters. The van der Waals surface area contributed by atoms with Crippen LogP contribution in [0.3, 0.4) is 0 Å². The molecule has 0 radical (unpaired) electrons. The number of aliphatic hydroxyl groups excluding tert-OH is 1. The predicted molar refractivity (Wildman–Crippen MR) is 364 cm³/mol. The Morgan fingerprint density at radius 2 is 0.956 bits per heavy atom. The van der Waals surface area contributed by atoms with Gasteiger partial charge in [0, 0.05) is 175 Å². The number of carbonyl (C=O) groups excluding carboxylic acids is 2. The number of nitrogens with one attached hydrogen (secondary N) is 2. The summed E-state index contributed by atoms with van der Waals surface area (Å²) in [7, 11) is 1.00. The van der Waals surface area contributed by atoms with Crippen molar-refractivity contribution in [1.29, 1.82) is 0 Å². The summed E-state index contributed by atoms with van der Waals surface area (Å²) in [5.41, 5.74) is 8.21. The topological polar surface area (TPSA) is 185 Å². The minimum absolute atomic E-state index is 0. The smallest absolute Gasteiger partial charge is 0.246 e. The van der Waals surface area contributed by atoms with Gasteiger partial charge in [-0.2, -0.15) is 9.97 Å². The Kier molecular flexibility index (Phi) is 21.3. The maximum atomic E-state index is 12.2. The summed E-state index contributed by atoms with van der Waals surface area (Å²) in [6.07, 6.45) is 17.0. The SMILES string of the molecule is C1CCOC1.C=CC(=O)N1CCN(c2nc(NC3CCN(C4CC4)CC3)nc3c2CCN(c2cc(C)cc4ccccc24)C3)CC1.C=CC(=O)N1CCN(c2nc(NC3CCN(C4CC4)CC3)nc3c2CCN(c2cc(O)cc4ccccc24)C3)CC1.CO.Cl. The van der Waals surface area contributed by atoms with E-state index in [0.29, 0.717) is 50.8 Å². The first-order valence-corrected chi connectivity index (χ1v) is 33.0. The highest BCUT2D eigenvalue weighted by molar-refractivity contribution is 5.96. The average Bonchev–Trinajstić information content (AvgIpc) is 1.14. The zero-order valence-electron chi connectivity index (χ0n) is 52.9. The predicted octanol–water partition coefficient (Wildman–Crippen LogP) is 8.97. The largest absolute Gasteiger partial charge is 0.508 e. The summed E-state index contributed by atoms with van der Waals surface area (Å²) in [5, 5.41) is 29.7. The molecule has 2 aliphatic carbocycles. The van der Waals surface area contributed by atoms with Gasteiger partial charge in [0.2, 0.25) is 23.7 Å². The number of aryl methyl sites for hydroxylation is 1. The Labute approximate surface area is 537 Å². The summed E-state index contributed by atoms with van der Waals surface area (Å²) in [6.45, 7) is 25.0. The number of phenols is 1. The molecule has 9 heterocycles. The molecule has 2 aromatic heterocycles. The number of ether oxygens (including phenoxy) is 1. The second-order valence-corrected chi connectivity index (χ2v) is 25.4. The molecule has 19 nitrogen and oxygen atoms in total. The van der Waals surface area contributed by atoms with E-state index in [9.17, 15) is 14.7 Å². The molecule has 20 heteroatoms. The van der Waals surface area contributed by atoms with Gasteiger partial charge in [-0.1, -0.05) is 67.8 Å². The number of aromatic nitrogens is 4. The van der Waals surface area contributed by atoms with Gasteiger partial charge in [0.25, 0.3) is 0 Å². The van der Waals surface area contributed by atoms with Gasteiger partial charge in [0.1, 0.15) is 17.4 Å². The van der Waals surface area contributed by atoms with E-state index in [-0.39, 0.29) is 30.0 Å². The van der Waals surface area contributed by atoms with Gasteiger partial charge in [0.15, 0.2) is 0 Å². The van der Waals surface area contributed by atoms with Crippen molar-refractivity contribution in [2.75, 3.05) is 142 Å². The number of piperidine rings is 2. The molecule has 480 valence electrons. The molecule has 15 rings (SSSR count). The fraction of sp³-hybridized carbons (Fsp3) is 0.514. The molecule has 4 N–H and O–H groups in total. The monoisotopic (exact) mass is 1240 g/mol. The van der Waals surface area contributed by atoms with Gasteiger partial charge in [-0.15, -0.1) is 12.4 Å². The summed E-state index contributed by atoms with van der Waals surface area (Å²) < 4.78 is 4.94. The van der Waals surface area contributed by atoms with Gasteiger partial charge in [0.05, 0.1) is 24.5 Å². The van der Waals surface area contributed by atoms with Crippen molar-refractivity contribution in [3.63, 3.8) is 0 Å². The number of fused-ring (bicyclic) bond motifs is 4. The van der Waals surface area contributed by atoms with Crippen molar-refractivity contribution < 1.29 is 24.5 Å². The van der Waals surface area contributed by atoms with E-state index in [2.05, 4.69) is 103 Å². The van der Waals surface area contributed by atoms with Crippen LogP contribution in [0.2, 0.25) is 0 Å². The first kappa shape index (κ1) is 64.2. The van der Waals surface area contributed by atoms with E-state index in [1.54, 1.807) is 0 Å². The molecule has 9 aliphatic rings. The van der Waals surface area contributed by atoms with Crippen molar-refractivity contribution in [3.8, 4) is 5.75 Å². The highest BCUT2D eigenvalue weighted by atomic mass is 35.5. The number of aliphatic hydroxyl groups is 1. The van der Waals surface area contributed by atoms with Crippen LogP contribution in [0, 0.1) is 6.92 Å². The lowest BCUT2D eigenvalue weighted by Crippen LogP contribution is -2.49. The molecular formula is C70H93ClN14O5. The molecule has 0 spiro atoms. The van der Waals surface area contributed by atoms with Crippen LogP contribution >= 0.6 is 12.4 Å². The number of amides is 2. The number of phenolic OH excluding ortho intramolecular Hbond substituents is 1. The lowest BCUT2D eigenvalue weighted by molar-refractivity contribution is -0.127. The Morgan fingerprint density at radius 3 is 1.37 bits per heavy atom. The second kappa shape index (κ2) is 29.8. The van der Waals surface area contributed by atoms with Crippen molar-refractivity contribution in [2.45, 2.75) is 121 Å². The first-order valence-electron chi connectivity index (χ1n) is 33.0. The second-order valence-electron chi connectivity index (χ2n) is 25.4. The Morgan fingerprint density at radius 1 is 0.533 bits per heavy atom. The molecule has 4 aromatic carbocycles. The maximum absolute atomic E-state index is 12.2. The molecular weight excluding hydrogens is 1150 g/mol. The molecule has 0 atom stereocenters. The fourth-order valence-electron chi connectivity index (χ4n) is 14.2. The van der Waals surface area contributed by atoms with Crippen LogP contribution in [0.4, 0.5) is 34.9 Å². The molecule has 0 bridgehead atoms. The van der Waals surface area contributed by atoms with Crippen molar-refractivity contribution in [2.24, 2.45) is 0 Å². The first-order chi connectivity index (χ1) is 43.6. The van der Waals surface area contributed by atoms with Crippen LogP contribution in [0.1, 0.15) is 92.3 Å². The minimum atomic E-state index is -0.0109.